The number of aliphatic hydroxyl groups is 1. The molecule has 0 aliphatic carbocycles. The van der Waals surface area contributed by atoms with Gasteiger partial charge in [0, 0.05) is 12.0 Å². The summed E-state index contributed by atoms with van der Waals surface area (Å²) < 4.78 is 51.1. The molecule has 0 bridgehead atoms. The van der Waals surface area contributed by atoms with Crippen molar-refractivity contribution in [3.8, 4) is 12.3 Å². The summed E-state index contributed by atoms with van der Waals surface area (Å²) in [6, 6.07) is 7.07. The Morgan fingerprint density at radius 2 is 1.88 bits per heavy atom. The van der Waals surface area contributed by atoms with Crippen molar-refractivity contribution < 1.29 is 27.8 Å². The molecule has 1 aromatic carbocycles. The minimum Gasteiger partial charge on any atom is -0.380 e. The molecular weight excluding hydrogens is 333 g/mol. The number of benzene rings is 1. The molecule has 0 aromatic heterocycles. The Morgan fingerprint density at radius 1 is 1.24 bits per heavy atom. The standard InChI is InChI=1S/C19H23F3O3/c1-4-9-18(23,19(20,21)22)13-17(2,3)15-8-5-7-14(12-15)16-24-10-6-11-25-16/h1,5,7-8,12,16,23H,6,9-11,13H2,2-3H3. The second kappa shape index (κ2) is 7.36. The monoisotopic (exact) mass is 356 g/mol. The summed E-state index contributed by atoms with van der Waals surface area (Å²) in [5.74, 6) is 1.94. The number of terminal acetylenes is 1. The first-order valence-electron chi connectivity index (χ1n) is 8.15. The van der Waals surface area contributed by atoms with Gasteiger partial charge in [-0.25, -0.2) is 0 Å². The summed E-state index contributed by atoms with van der Waals surface area (Å²) in [5.41, 5.74) is -2.48. The second-order valence-electron chi connectivity index (χ2n) is 7.02. The zero-order chi connectivity index (χ0) is 18.7. The van der Waals surface area contributed by atoms with Crippen molar-refractivity contribution in [1.29, 1.82) is 0 Å². The lowest BCUT2D eigenvalue weighted by atomic mass is 9.73. The van der Waals surface area contributed by atoms with E-state index >= 15 is 0 Å². The maximum Gasteiger partial charge on any atom is 0.418 e. The highest BCUT2D eigenvalue weighted by molar-refractivity contribution is 5.31. The van der Waals surface area contributed by atoms with E-state index < -0.39 is 36.3 Å². The van der Waals surface area contributed by atoms with Gasteiger partial charge in [0.1, 0.15) is 0 Å². The number of hydrogen-bond donors (Lipinski definition) is 1. The second-order valence-corrected chi connectivity index (χ2v) is 7.02. The summed E-state index contributed by atoms with van der Waals surface area (Å²) in [7, 11) is 0. The van der Waals surface area contributed by atoms with Crippen LogP contribution in [0.3, 0.4) is 0 Å². The van der Waals surface area contributed by atoms with Gasteiger partial charge in [-0.05, 0) is 23.8 Å². The Bertz CT molecular complexity index is 628. The van der Waals surface area contributed by atoms with E-state index in [-0.39, 0.29) is 0 Å². The summed E-state index contributed by atoms with van der Waals surface area (Å²) >= 11 is 0. The molecule has 138 valence electrons. The third kappa shape index (κ3) is 4.55. The maximum atomic E-state index is 13.3. The van der Waals surface area contributed by atoms with Gasteiger partial charge in [0.25, 0.3) is 0 Å². The first-order chi connectivity index (χ1) is 11.6. The van der Waals surface area contributed by atoms with Crippen LogP contribution in [0.25, 0.3) is 0 Å². The van der Waals surface area contributed by atoms with Crippen LogP contribution in [-0.2, 0) is 14.9 Å². The molecule has 3 nitrogen and oxygen atoms in total. The molecule has 1 aliphatic rings. The fourth-order valence-electron chi connectivity index (χ4n) is 3.05. The van der Waals surface area contributed by atoms with Crippen LogP contribution in [0.2, 0.25) is 0 Å². The summed E-state index contributed by atoms with van der Waals surface area (Å²) in [6.45, 7) is 4.46. The molecule has 1 aliphatic heterocycles. The molecule has 1 aromatic rings. The smallest absolute Gasteiger partial charge is 0.380 e. The van der Waals surface area contributed by atoms with E-state index in [0.717, 1.165) is 12.0 Å². The van der Waals surface area contributed by atoms with Gasteiger partial charge in [-0.3, -0.25) is 0 Å². The van der Waals surface area contributed by atoms with Crippen LogP contribution in [0.4, 0.5) is 13.2 Å². The van der Waals surface area contributed by atoms with Crippen LogP contribution >= 0.6 is 0 Å². The predicted octanol–water partition coefficient (Wildman–Crippen LogP) is 4.11. The number of rotatable bonds is 5. The lowest BCUT2D eigenvalue weighted by Crippen LogP contribution is -2.48. The van der Waals surface area contributed by atoms with Crippen LogP contribution in [0.1, 0.15) is 50.5 Å². The van der Waals surface area contributed by atoms with Gasteiger partial charge in [0.05, 0.1) is 13.2 Å². The van der Waals surface area contributed by atoms with Crippen molar-refractivity contribution in [2.75, 3.05) is 13.2 Å². The zero-order valence-corrected chi connectivity index (χ0v) is 14.4. The normalized spacial score (nSPS) is 19.2. The Labute approximate surface area is 146 Å². The lowest BCUT2D eigenvalue weighted by Gasteiger charge is -2.37. The summed E-state index contributed by atoms with van der Waals surface area (Å²) in [5, 5.41) is 10.1. The molecule has 1 fully saturated rings. The molecule has 0 amide bonds. The van der Waals surface area contributed by atoms with E-state index in [0.29, 0.717) is 18.8 Å². The van der Waals surface area contributed by atoms with Gasteiger partial charge in [-0.1, -0.05) is 38.1 Å². The highest BCUT2D eigenvalue weighted by Gasteiger charge is 2.55. The van der Waals surface area contributed by atoms with Crippen molar-refractivity contribution in [3.63, 3.8) is 0 Å². The van der Waals surface area contributed by atoms with Gasteiger partial charge in [0.2, 0.25) is 0 Å². The average molecular weight is 356 g/mol. The summed E-state index contributed by atoms with van der Waals surface area (Å²) in [4.78, 5) is 0. The molecule has 2 rings (SSSR count). The minimum absolute atomic E-state index is 0.517. The van der Waals surface area contributed by atoms with Crippen molar-refractivity contribution in [3.05, 3.63) is 35.4 Å². The largest absolute Gasteiger partial charge is 0.418 e. The highest BCUT2D eigenvalue weighted by Crippen LogP contribution is 2.43. The Morgan fingerprint density at radius 3 is 2.44 bits per heavy atom. The molecule has 1 heterocycles. The van der Waals surface area contributed by atoms with Crippen LogP contribution < -0.4 is 0 Å². The average Bonchev–Trinajstić information content (AvgIpc) is 2.54. The Kier molecular flexibility index (Phi) is 5.82. The fraction of sp³-hybridized carbons (Fsp3) is 0.579. The number of halogens is 3. The first-order valence-corrected chi connectivity index (χ1v) is 8.15. The van der Waals surface area contributed by atoms with Crippen LogP contribution in [0.15, 0.2) is 24.3 Å². The van der Waals surface area contributed by atoms with E-state index in [1.54, 1.807) is 32.0 Å². The van der Waals surface area contributed by atoms with Gasteiger partial charge in [-0.15, -0.1) is 12.3 Å². The zero-order valence-electron chi connectivity index (χ0n) is 14.4. The SMILES string of the molecule is C#CCC(O)(CC(C)(C)c1cccc(C2OCCCO2)c1)C(F)(F)F. The van der Waals surface area contributed by atoms with Gasteiger partial charge in [0.15, 0.2) is 11.9 Å². The minimum atomic E-state index is -4.80. The van der Waals surface area contributed by atoms with E-state index in [1.165, 1.54) is 0 Å². The molecule has 1 saturated heterocycles. The van der Waals surface area contributed by atoms with Crippen LogP contribution in [-0.4, -0.2) is 30.1 Å². The fourth-order valence-corrected chi connectivity index (χ4v) is 3.05. The number of alkyl halides is 3. The molecule has 0 radical (unpaired) electrons. The predicted molar refractivity (Wildman–Crippen MR) is 87.8 cm³/mol. The van der Waals surface area contributed by atoms with Crippen molar-refractivity contribution in [1.82, 2.24) is 0 Å². The van der Waals surface area contributed by atoms with Gasteiger partial charge in [-0.2, -0.15) is 13.2 Å². The van der Waals surface area contributed by atoms with Gasteiger partial charge < -0.3 is 14.6 Å². The molecule has 25 heavy (non-hydrogen) atoms. The van der Waals surface area contributed by atoms with E-state index in [4.69, 9.17) is 15.9 Å². The van der Waals surface area contributed by atoms with Crippen molar-refractivity contribution >= 4 is 0 Å². The topological polar surface area (TPSA) is 38.7 Å². The van der Waals surface area contributed by atoms with Crippen molar-refractivity contribution in [2.24, 2.45) is 0 Å². The third-order valence-corrected chi connectivity index (χ3v) is 4.42. The third-order valence-electron chi connectivity index (χ3n) is 4.42. The van der Waals surface area contributed by atoms with Crippen molar-refractivity contribution in [2.45, 2.75) is 56.6 Å². The van der Waals surface area contributed by atoms with Crippen LogP contribution in [0.5, 0.6) is 0 Å². The first kappa shape index (κ1) is 19.8. The van der Waals surface area contributed by atoms with Crippen LogP contribution in [0, 0.1) is 12.3 Å². The molecule has 0 saturated carbocycles. The Balaban J connectivity index is 2.28. The molecule has 0 spiro atoms. The summed E-state index contributed by atoms with van der Waals surface area (Å²) in [6.07, 6.45) is -0.781. The molecule has 1 unspecified atom stereocenters. The van der Waals surface area contributed by atoms with E-state index in [9.17, 15) is 18.3 Å². The molecule has 6 heteroatoms. The molecule has 1 atom stereocenters. The highest BCUT2D eigenvalue weighted by atomic mass is 19.4. The van der Waals surface area contributed by atoms with Gasteiger partial charge >= 0.3 is 6.18 Å². The quantitative estimate of drug-likeness (QED) is 0.807. The Hall–Kier alpha value is -1.55. The van der Waals surface area contributed by atoms with E-state index in [2.05, 4.69) is 0 Å². The van der Waals surface area contributed by atoms with E-state index in [1.807, 2.05) is 12.0 Å². The maximum absolute atomic E-state index is 13.3. The lowest BCUT2D eigenvalue weighted by molar-refractivity contribution is -0.264. The number of hydrogen-bond acceptors (Lipinski definition) is 3. The molecule has 1 N–H and O–H groups in total. The number of ether oxygens (including phenoxy) is 2. The molecular formula is C19H23F3O3.